The van der Waals surface area contributed by atoms with Crippen molar-refractivity contribution in [3.8, 4) is 5.75 Å². The normalized spacial score (nSPS) is 11.8. The van der Waals surface area contributed by atoms with E-state index in [0.29, 0.717) is 0 Å². The summed E-state index contributed by atoms with van der Waals surface area (Å²) in [4.78, 5) is 0. The van der Waals surface area contributed by atoms with Gasteiger partial charge >= 0.3 is 0 Å². The van der Waals surface area contributed by atoms with Gasteiger partial charge in [0.1, 0.15) is 5.75 Å². The van der Waals surface area contributed by atoms with E-state index in [-0.39, 0.29) is 18.4 Å². The van der Waals surface area contributed by atoms with E-state index in [1.54, 1.807) is 7.11 Å². The highest BCUT2D eigenvalue weighted by atomic mass is 79.9. The van der Waals surface area contributed by atoms with Crippen LogP contribution in [-0.4, -0.2) is 17.3 Å². The van der Waals surface area contributed by atoms with Gasteiger partial charge in [-0.25, -0.2) is 0 Å². The fourth-order valence-corrected chi connectivity index (χ4v) is 2.45. The number of aryl methyl sites for hydroxylation is 1. The summed E-state index contributed by atoms with van der Waals surface area (Å²) in [5.41, 5.74) is 3.52. The van der Waals surface area contributed by atoms with E-state index in [2.05, 4.69) is 50.5 Å². The third-order valence-electron chi connectivity index (χ3n) is 3.21. The molecule has 4 nitrogen and oxygen atoms in total. The average molecular weight is 361 g/mol. The zero-order valence-electron chi connectivity index (χ0n) is 11.7. The third kappa shape index (κ3) is 3.98. The van der Waals surface area contributed by atoms with Crippen molar-refractivity contribution in [3.63, 3.8) is 0 Å². The minimum absolute atomic E-state index is 0. The summed E-state index contributed by atoms with van der Waals surface area (Å²) in [6.45, 7) is 4.97. The highest BCUT2D eigenvalue weighted by Gasteiger charge is 2.09. The van der Waals surface area contributed by atoms with Gasteiger partial charge in [0.15, 0.2) is 0 Å². The van der Waals surface area contributed by atoms with Crippen molar-refractivity contribution < 1.29 is 4.74 Å². The maximum absolute atomic E-state index is 5.23. The maximum Gasteiger partial charge on any atom is 0.133 e. The van der Waals surface area contributed by atoms with Crippen molar-refractivity contribution in [1.29, 1.82) is 0 Å². The molecule has 0 saturated heterocycles. The molecule has 1 heterocycles. The standard InChI is InChI=1S/C14H18BrN3O.ClH/c1-9(16-7-12-8-17-18-10(12)2)11-4-5-14(19-3)13(15)6-11;/h4-6,8-9,16H,7H2,1-3H3,(H,17,18);1H. The number of nitrogens with zero attached hydrogens (tertiary/aromatic N) is 1. The Morgan fingerprint density at radius 2 is 2.20 bits per heavy atom. The molecule has 2 aromatic rings. The Hall–Kier alpha value is -1.04. The summed E-state index contributed by atoms with van der Waals surface area (Å²) in [6, 6.07) is 6.39. The highest BCUT2D eigenvalue weighted by molar-refractivity contribution is 9.10. The van der Waals surface area contributed by atoms with Gasteiger partial charge in [0.25, 0.3) is 0 Å². The lowest BCUT2D eigenvalue weighted by Crippen LogP contribution is -2.18. The molecule has 1 aromatic carbocycles. The molecule has 1 aromatic heterocycles. The topological polar surface area (TPSA) is 49.9 Å². The molecule has 0 amide bonds. The van der Waals surface area contributed by atoms with Crippen molar-refractivity contribution >= 4 is 28.3 Å². The molecule has 0 spiro atoms. The molecule has 0 bridgehead atoms. The monoisotopic (exact) mass is 359 g/mol. The molecule has 0 aliphatic rings. The predicted octanol–water partition coefficient (Wildman–Crippen LogP) is 3.76. The lowest BCUT2D eigenvalue weighted by molar-refractivity contribution is 0.411. The van der Waals surface area contributed by atoms with Gasteiger partial charge in [-0.3, -0.25) is 5.10 Å². The molecule has 6 heteroatoms. The molecule has 110 valence electrons. The van der Waals surface area contributed by atoms with Crippen molar-refractivity contribution in [2.75, 3.05) is 7.11 Å². The van der Waals surface area contributed by atoms with Crippen LogP contribution in [0.5, 0.6) is 5.75 Å². The van der Waals surface area contributed by atoms with Crippen LogP contribution in [0.2, 0.25) is 0 Å². The van der Waals surface area contributed by atoms with Crippen molar-refractivity contribution in [2.45, 2.75) is 26.4 Å². The summed E-state index contributed by atoms with van der Waals surface area (Å²) in [5, 5.41) is 10.4. The van der Waals surface area contributed by atoms with E-state index >= 15 is 0 Å². The van der Waals surface area contributed by atoms with Crippen LogP contribution in [0.15, 0.2) is 28.9 Å². The lowest BCUT2D eigenvalue weighted by atomic mass is 10.1. The van der Waals surface area contributed by atoms with Crippen molar-refractivity contribution in [1.82, 2.24) is 15.5 Å². The largest absolute Gasteiger partial charge is 0.496 e. The number of methoxy groups -OCH3 is 1. The van der Waals surface area contributed by atoms with Gasteiger partial charge in [-0.15, -0.1) is 12.4 Å². The minimum atomic E-state index is 0. The summed E-state index contributed by atoms with van der Waals surface area (Å²) >= 11 is 3.51. The molecule has 20 heavy (non-hydrogen) atoms. The molecule has 2 rings (SSSR count). The number of hydrogen-bond donors (Lipinski definition) is 2. The zero-order chi connectivity index (χ0) is 13.8. The van der Waals surface area contributed by atoms with E-state index in [4.69, 9.17) is 4.74 Å². The number of aromatic amines is 1. The number of rotatable bonds is 5. The van der Waals surface area contributed by atoms with Gasteiger partial charge in [-0.1, -0.05) is 6.07 Å². The minimum Gasteiger partial charge on any atom is -0.496 e. The van der Waals surface area contributed by atoms with Crippen molar-refractivity contribution in [3.05, 3.63) is 45.7 Å². The zero-order valence-corrected chi connectivity index (χ0v) is 14.1. The Morgan fingerprint density at radius 3 is 2.75 bits per heavy atom. The summed E-state index contributed by atoms with van der Waals surface area (Å²) < 4.78 is 6.21. The van der Waals surface area contributed by atoms with Crippen LogP contribution >= 0.6 is 28.3 Å². The van der Waals surface area contributed by atoms with Crippen LogP contribution < -0.4 is 10.1 Å². The van der Waals surface area contributed by atoms with E-state index < -0.39 is 0 Å². The fourth-order valence-electron chi connectivity index (χ4n) is 1.89. The quantitative estimate of drug-likeness (QED) is 0.853. The second-order valence-electron chi connectivity index (χ2n) is 4.52. The second kappa shape index (κ2) is 7.67. The summed E-state index contributed by atoms with van der Waals surface area (Å²) in [7, 11) is 1.67. The average Bonchev–Trinajstić information content (AvgIpc) is 2.81. The molecule has 0 aliphatic heterocycles. The van der Waals surface area contributed by atoms with Gasteiger partial charge in [0.2, 0.25) is 0 Å². The summed E-state index contributed by atoms with van der Waals surface area (Å²) in [5.74, 6) is 0.849. The van der Waals surface area contributed by atoms with E-state index in [9.17, 15) is 0 Å². The first-order valence-electron chi connectivity index (χ1n) is 6.17. The molecule has 0 aliphatic carbocycles. The first-order valence-corrected chi connectivity index (χ1v) is 6.96. The smallest absolute Gasteiger partial charge is 0.133 e. The van der Waals surface area contributed by atoms with E-state index in [1.807, 2.05) is 19.2 Å². The van der Waals surface area contributed by atoms with Gasteiger partial charge in [0.05, 0.1) is 17.8 Å². The Bertz CT molecular complexity index is 559. The van der Waals surface area contributed by atoms with Crippen LogP contribution in [0.1, 0.15) is 29.8 Å². The molecular formula is C14H19BrClN3O. The van der Waals surface area contributed by atoms with Crippen molar-refractivity contribution in [2.24, 2.45) is 0 Å². The number of ether oxygens (including phenoxy) is 1. The van der Waals surface area contributed by atoms with Gasteiger partial charge in [-0.05, 0) is 47.5 Å². The Balaban J connectivity index is 0.00000200. The van der Waals surface area contributed by atoms with Crippen LogP contribution in [0.4, 0.5) is 0 Å². The Morgan fingerprint density at radius 1 is 1.45 bits per heavy atom. The van der Waals surface area contributed by atoms with Gasteiger partial charge in [0, 0.05) is 23.8 Å². The SMILES string of the molecule is COc1ccc(C(C)NCc2cn[nH]c2C)cc1Br.Cl. The molecule has 2 N–H and O–H groups in total. The molecule has 1 unspecified atom stereocenters. The summed E-state index contributed by atoms with van der Waals surface area (Å²) in [6.07, 6.45) is 1.86. The fraction of sp³-hybridized carbons (Fsp3) is 0.357. The third-order valence-corrected chi connectivity index (χ3v) is 3.83. The number of aromatic nitrogens is 2. The van der Waals surface area contributed by atoms with Crippen LogP contribution in [0.3, 0.4) is 0 Å². The van der Waals surface area contributed by atoms with Crippen LogP contribution in [-0.2, 0) is 6.54 Å². The molecular weight excluding hydrogens is 342 g/mol. The molecule has 0 radical (unpaired) electrons. The number of benzene rings is 1. The van der Waals surface area contributed by atoms with Crippen LogP contribution in [0, 0.1) is 6.92 Å². The predicted molar refractivity (Wildman–Crippen MR) is 86.5 cm³/mol. The lowest BCUT2D eigenvalue weighted by Gasteiger charge is -2.15. The Labute approximate surface area is 133 Å². The van der Waals surface area contributed by atoms with E-state index in [0.717, 1.165) is 22.5 Å². The molecule has 0 fully saturated rings. The number of halogens is 2. The molecule has 0 saturated carbocycles. The van der Waals surface area contributed by atoms with Crippen LogP contribution in [0.25, 0.3) is 0 Å². The number of H-pyrrole nitrogens is 1. The van der Waals surface area contributed by atoms with Gasteiger partial charge < -0.3 is 10.1 Å². The Kier molecular flexibility index (Phi) is 6.52. The van der Waals surface area contributed by atoms with E-state index in [1.165, 1.54) is 11.1 Å². The second-order valence-corrected chi connectivity index (χ2v) is 5.37. The number of nitrogens with one attached hydrogen (secondary N) is 2. The first kappa shape index (κ1) is 17.0. The first-order chi connectivity index (χ1) is 9.11. The number of hydrogen-bond acceptors (Lipinski definition) is 3. The highest BCUT2D eigenvalue weighted by Crippen LogP contribution is 2.28. The van der Waals surface area contributed by atoms with Gasteiger partial charge in [-0.2, -0.15) is 5.10 Å². The maximum atomic E-state index is 5.23. The molecule has 1 atom stereocenters.